The van der Waals surface area contributed by atoms with Gasteiger partial charge >= 0.3 is 0 Å². The van der Waals surface area contributed by atoms with E-state index in [2.05, 4.69) is 5.32 Å². The third-order valence-corrected chi connectivity index (χ3v) is 4.34. The fraction of sp³-hybridized carbons (Fsp3) is 0.588. The molecule has 1 aromatic rings. The van der Waals surface area contributed by atoms with Gasteiger partial charge in [0, 0.05) is 12.5 Å². The molecular formula is C17H28ClFN2O. The molecule has 0 aliphatic rings. The first-order valence-corrected chi connectivity index (χ1v) is 7.73. The Labute approximate surface area is 139 Å². The average Bonchev–Trinajstić information content (AvgIpc) is 2.50. The van der Waals surface area contributed by atoms with Gasteiger partial charge in [0.15, 0.2) is 0 Å². The van der Waals surface area contributed by atoms with Gasteiger partial charge in [-0.25, -0.2) is 4.39 Å². The van der Waals surface area contributed by atoms with Crippen molar-refractivity contribution in [3.63, 3.8) is 0 Å². The van der Waals surface area contributed by atoms with Crippen molar-refractivity contribution >= 4 is 18.3 Å². The summed E-state index contributed by atoms with van der Waals surface area (Å²) in [5, 5.41) is 3.09. The quantitative estimate of drug-likeness (QED) is 0.767. The van der Waals surface area contributed by atoms with Gasteiger partial charge in [0.1, 0.15) is 5.82 Å². The number of carbonyl (C=O) groups is 1. The molecule has 5 heteroatoms. The minimum absolute atomic E-state index is 0. The smallest absolute Gasteiger partial charge is 0.223 e. The molecule has 0 saturated carbocycles. The van der Waals surface area contributed by atoms with Crippen LogP contribution in [0, 0.1) is 11.7 Å². The van der Waals surface area contributed by atoms with Crippen LogP contribution in [0.4, 0.5) is 4.39 Å². The van der Waals surface area contributed by atoms with Crippen molar-refractivity contribution in [2.24, 2.45) is 11.7 Å². The zero-order chi connectivity index (χ0) is 15.9. The lowest BCUT2D eigenvalue weighted by Crippen LogP contribution is -2.54. The fourth-order valence-corrected chi connectivity index (χ4v) is 2.36. The molecule has 0 bridgehead atoms. The number of hydrogen-bond acceptors (Lipinski definition) is 2. The van der Waals surface area contributed by atoms with E-state index in [0.717, 1.165) is 18.4 Å². The number of amides is 1. The van der Waals surface area contributed by atoms with Crippen molar-refractivity contribution in [3.05, 3.63) is 35.6 Å². The molecule has 0 aliphatic heterocycles. The predicted octanol–water partition coefficient (Wildman–Crippen LogP) is 3.45. The van der Waals surface area contributed by atoms with Crippen molar-refractivity contribution in [3.8, 4) is 0 Å². The maximum Gasteiger partial charge on any atom is 0.223 e. The van der Waals surface area contributed by atoms with Crippen LogP contribution in [0.1, 0.15) is 45.6 Å². The summed E-state index contributed by atoms with van der Waals surface area (Å²) in [4.78, 5) is 12.3. The highest BCUT2D eigenvalue weighted by Gasteiger charge is 2.28. The van der Waals surface area contributed by atoms with E-state index in [1.807, 2.05) is 26.8 Å². The van der Waals surface area contributed by atoms with Crippen molar-refractivity contribution < 1.29 is 9.18 Å². The van der Waals surface area contributed by atoms with Crippen LogP contribution in [0.2, 0.25) is 0 Å². The number of rotatable bonds is 8. The van der Waals surface area contributed by atoms with E-state index >= 15 is 0 Å². The molecule has 1 aromatic carbocycles. The van der Waals surface area contributed by atoms with Crippen LogP contribution >= 0.6 is 12.4 Å². The molecule has 1 unspecified atom stereocenters. The van der Waals surface area contributed by atoms with Crippen LogP contribution in [0.25, 0.3) is 0 Å². The Balaban J connectivity index is 0.00000441. The van der Waals surface area contributed by atoms with Gasteiger partial charge in [-0.1, -0.05) is 32.9 Å². The topological polar surface area (TPSA) is 55.1 Å². The number of carbonyl (C=O) groups excluding carboxylic acids is 1. The van der Waals surface area contributed by atoms with Gasteiger partial charge < -0.3 is 11.1 Å². The molecule has 0 radical (unpaired) electrons. The van der Waals surface area contributed by atoms with Crippen molar-refractivity contribution in [2.45, 2.75) is 52.0 Å². The number of benzene rings is 1. The first kappa shape index (κ1) is 20.9. The molecule has 3 nitrogen and oxygen atoms in total. The summed E-state index contributed by atoms with van der Waals surface area (Å²) in [5.74, 6) is -0.318. The Morgan fingerprint density at radius 3 is 2.50 bits per heavy atom. The lowest BCUT2D eigenvalue weighted by molar-refractivity contribution is -0.126. The molecule has 0 heterocycles. The molecule has 1 atom stereocenters. The summed E-state index contributed by atoms with van der Waals surface area (Å²) in [6.07, 6.45) is 3.04. The minimum atomic E-state index is -0.301. The minimum Gasteiger partial charge on any atom is -0.349 e. The summed E-state index contributed by atoms with van der Waals surface area (Å²) in [5.41, 5.74) is 6.42. The fourth-order valence-electron chi connectivity index (χ4n) is 2.36. The molecule has 0 spiro atoms. The van der Waals surface area contributed by atoms with Crippen molar-refractivity contribution in [1.82, 2.24) is 5.32 Å². The largest absolute Gasteiger partial charge is 0.349 e. The van der Waals surface area contributed by atoms with Gasteiger partial charge in [0.25, 0.3) is 0 Å². The standard InChI is InChI=1S/C17H27FN2O.ClH/c1-4-17(5-2,12-19)20-16(21)13(3)9-10-14-7-6-8-15(18)11-14;/h6-8,11,13H,4-5,9-10,12,19H2,1-3H3,(H,20,21);1H. The molecule has 0 saturated heterocycles. The molecule has 126 valence electrons. The van der Waals surface area contributed by atoms with Gasteiger partial charge in [-0.2, -0.15) is 0 Å². The Bertz CT molecular complexity index is 455. The Kier molecular flexibility index (Phi) is 9.30. The molecule has 1 amide bonds. The first-order valence-electron chi connectivity index (χ1n) is 7.73. The van der Waals surface area contributed by atoms with Crippen LogP contribution in [0.3, 0.4) is 0 Å². The van der Waals surface area contributed by atoms with Gasteiger partial charge in [-0.15, -0.1) is 12.4 Å². The van der Waals surface area contributed by atoms with E-state index in [0.29, 0.717) is 19.4 Å². The highest BCUT2D eigenvalue weighted by molar-refractivity contribution is 5.85. The normalized spacial score (nSPS) is 12.4. The zero-order valence-corrected chi connectivity index (χ0v) is 14.5. The molecule has 0 fully saturated rings. The molecule has 22 heavy (non-hydrogen) atoms. The van der Waals surface area contributed by atoms with E-state index in [4.69, 9.17) is 5.73 Å². The van der Waals surface area contributed by atoms with Crippen LogP contribution in [0.15, 0.2) is 24.3 Å². The summed E-state index contributed by atoms with van der Waals surface area (Å²) >= 11 is 0. The van der Waals surface area contributed by atoms with E-state index in [9.17, 15) is 9.18 Å². The second-order valence-electron chi connectivity index (χ2n) is 5.75. The molecule has 0 aliphatic carbocycles. The van der Waals surface area contributed by atoms with Gasteiger partial charge in [-0.3, -0.25) is 4.79 Å². The van der Waals surface area contributed by atoms with E-state index in [1.54, 1.807) is 6.07 Å². The average molecular weight is 331 g/mol. The maximum absolute atomic E-state index is 13.1. The van der Waals surface area contributed by atoms with Gasteiger partial charge in [0.2, 0.25) is 5.91 Å². The lowest BCUT2D eigenvalue weighted by atomic mass is 9.91. The highest BCUT2D eigenvalue weighted by Crippen LogP contribution is 2.16. The monoisotopic (exact) mass is 330 g/mol. The van der Waals surface area contributed by atoms with Crippen LogP contribution in [0.5, 0.6) is 0 Å². The highest BCUT2D eigenvalue weighted by atomic mass is 35.5. The zero-order valence-electron chi connectivity index (χ0n) is 13.7. The number of hydrogen-bond donors (Lipinski definition) is 2. The maximum atomic E-state index is 13.1. The van der Waals surface area contributed by atoms with Crippen LogP contribution < -0.4 is 11.1 Å². The summed E-state index contributed by atoms with van der Waals surface area (Å²) in [7, 11) is 0. The SMILES string of the molecule is CCC(CC)(CN)NC(=O)C(C)CCc1cccc(F)c1.Cl. The summed E-state index contributed by atoms with van der Waals surface area (Å²) < 4.78 is 13.1. The molecular weight excluding hydrogens is 303 g/mol. The van der Waals surface area contributed by atoms with Crippen molar-refractivity contribution in [1.29, 1.82) is 0 Å². The molecule has 0 aromatic heterocycles. The molecule has 3 N–H and O–H groups in total. The third kappa shape index (κ3) is 5.93. The van der Waals surface area contributed by atoms with Crippen molar-refractivity contribution in [2.75, 3.05) is 6.54 Å². The van der Waals surface area contributed by atoms with E-state index in [1.165, 1.54) is 12.1 Å². The van der Waals surface area contributed by atoms with Gasteiger partial charge in [0.05, 0.1) is 5.54 Å². The van der Waals surface area contributed by atoms with Crippen LogP contribution in [-0.2, 0) is 11.2 Å². The van der Waals surface area contributed by atoms with E-state index < -0.39 is 0 Å². The Morgan fingerprint density at radius 1 is 1.36 bits per heavy atom. The second kappa shape index (κ2) is 9.80. The van der Waals surface area contributed by atoms with E-state index in [-0.39, 0.29) is 35.6 Å². The summed E-state index contributed by atoms with van der Waals surface area (Å²) in [6, 6.07) is 6.53. The Morgan fingerprint density at radius 2 is 2.00 bits per heavy atom. The first-order chi connectivity index (χ1) is 9.96. The number of nitrogens with two attached hydrogens (primary N) is 1. The number of nitrogens with one attached hydrogen (secondary N) is 1. The van der Waals surface area contributed by atoms with Crippen LogP contribution in [-0.4, -0.2) is 18.0 Å². The third-order valence-electron chi connectivity index (χ3n) is 4.34. The molecule has 1 rings (SSSR count). The van der Waals surface area contributed by atoms with Gasteiger partial charge in [-0.05, 0) is 43.4 Å². The second-order valence-corrected chi connectivity index (χ2v) is 5.75. The predicted molar refractivity (Wildman–Crippen MR) is 91.6 cm³/mol. The summed E-state index contributed by atoms with van der Waals surface area (Å²) in [6.45, 7) is 6.42. The number of halogens is 2. The Hall–Kier alpha value is -1.13. The number of aryl methyl sites for hydroxylation is 1. The lowest BCUT2D eigenvalue weighted by Gasteiger charge is -2.32.